The summed E-state index contributed by atoms with van der Waals surface area (Å²) in [6, 6.07) is 4.55. The van der Waals surface area contributed by atoms with Crippen LogP contribution in [0.4, 0.5) is 4.39 Å². The molecule has 0 radical (unpaired) electrons. The van der Waals surface area contributed by atoms with Gasteiger partial charge in [0.2, 0.25) is 0 Å². The number of nitrogens with one attached hydrogen (secondary N) is 1. The molecule has 0 aliphatic carbocycles. The third-order valence-corrected chi connectivity index (χ3v) is 2.58. The van der Waals surface area contributed by atoms with Gasteiger partial charge in [-0.25, -0.2) is 4.39 Å². The Morgan fingerprint density at radius 2 is 2.12 bits per heavy atom. The molecular weight excluding hydrogens is 229 g/mol. The molecule has 0 aliphatic heterocycles. The molecule has 16 heavy (non-hydrogen) atoms. The third kappa shape index (κ3) is 4.47. The standard InChI is InChI=1S/C12H17ClFNO/c1-8(2)15-7-11(16)5-9-3-4-10(14)6-12(9)13/h3-4,6,8,11,15-16H,5,7H2,1-2H3. The highest BCUT2D eigenvalue weighted by molar-refractivity contribution is 6.31. The first kappa shape index (κ1) is 13.4. The highest BCUT2D eigenvalue weighted by Gasteiger charge is 2.09. The molecule has 0 bridgehead atoms. The van der Waals surface area contributed by atoms with Crippen LogP contribution < -0.4 is 5.32 Å². The Morgan fingerprint density at radius 3 is 2.69 bits per heavy atom. The molecule has 90 valence electrons. The van der Waals surface area contributed by atoms with Gasteiger partial charge in [0.15, 0.2) is 0 Å². The number of aliphatic hydroxyl groups excluding tert-OH is 1. The van der Waals surface area contributed by atoms with Gasteiger partial charge in [0.25, 0.3) is 0 Å². The summed E-state index contributed by atoms with van der Waals surface area (Å²) in [5.41, 5.74) is 0.765. The van der Waals surface area contributed by atoms with E-state index in [-0.39, 0.29) is 5.82 Å². The summed E-state index contributed by atoms with van der Waals surface area (Å²) in [5.74, 6) is -0.358. The molecule has 4 heteroatoms. The second-order valence-corrected chi connectivity index (χ2v) is 4.56. The molecule has 0 saturated carbocycles. The van der Waals surface area contributed by atoms with Crippen LogP contribution in [-0.4, -0.2) is 23.8 Å². The Hall–Kier alpha value is -0.640. The minimum absolute atomic E-state index is 0.332. The summed E-state index contributed by atoms with van der Waals surface area (Å²) in [6.45, 7) is 4.53. The molecule has 0 saturated heterocycles. The number of benzene rings is 1. The number of aliphatic hydroxyl groups is 1. The summed E-state index contributed by atoms with van der Waals surface area (Å²) >= 11 is 5.86. The molecule has 0 spiro atoms. The molecule has 2 nitrogen and oxygen atoms in total. The maximum Gasteiger partial charge on any atom is 0.124 e. The van der Waals surface area contributed by atoms with Crippen LogP contribution in [0.2, 0.25) is 5.02 Å². The van der Waals surface area contributed by atoms with E-state index in [1.54, 1.807) is 6.07 Å². The second kappa shape index (κ2) is 6.18. The lowest BCUT2D eigenvalue weighted by Crippen LogP contribution is -2.33. The topological polar surface area (TPSA) is 32.3 Å². The predicted octanol–water partition coefficient (Wildman–Crippen LogP) is 2.38. The first-order valence-corrected chi connectivity index (χ1v) is 5.72. The van der Waals surface area contributed by atoms with Gasteiger partial charge in [-0.15, -0.1) is 0 Å². The molecule has 1 rings (SSSR count). The van der Waals surface area contributed by atoms with Crippen LogP contribution in [0.1, 0.15) is 19.4 Å². The van der Waals surface area contributed by atoms with Gasteiger partial charge in [0.1, 0.15) is 5.82 Å². The van der Waals surface area contributed by atoms with Crippen molar-refractivity contribution < 1.29 is 9.50 Å². The van der Waals surface area contributed by atoms with Gasteiger partial charge < -0.3 is 10.4 Å². The van der Waals surface area contributed by atoms with Crippen molar-refractivity contribution in [3.8, 4) is 0 Å². The number of rotatable bonds is 5. The molecule has 0 aliphatic rings. The molecule has 0 fully saturated rings. The summed E-state index contributed by atoms with van der Waals surface area (Å²) in [4.78, 5) is 0. The van der Waals surface area contributed by atoms with Crippen LogP contribution in [0.5, 0.6) is 0 Å². The van der Waals surface area contributed by atoms with Crippen LogP contribution in [-0.2, 0) is 6.42 Å². The van der Waals surface area contributed by atoms with Crippen LogP contribution in [0.15, 0.2) is 18.2 Å². The third-order valence-electron chi connectivity index (χ3n) is 2.23. The van der Waals surface area contributed by atoms with Crippen molar-refractivity contribution in [1.29, 1.82) is 0 Å². The van der Waals surface area contributed by atoms with E-state index in [2.05, 4.69) is 5.32 Å². The Bertz CT molecular complexity index is 344. The molecule has 1 unspecified atom stereocenters. The lowest BCUT2D eigenvalue weighted by molar-refractivity contribution is 0.169. The van der Waals surface area contributed by atoms with E-state index in [0.29, 0.717) is 24.0 Å². The summed E-state index contributed by atoms with van der Waals surface area (Å²) in [5, 5.41) is 13.2. The van der Waals surface area contributed by atoms with Crippen molar-refractivity contribution in [3.63, 3.8) is 0 Å². The van der Waals surface area contributed by atoms with E-state index < -0.39 is 6.10 Å². The zero-order valence-corrected chi connectivity index (χ0v) is 10.3. The van der Waals surface area contributed by atoms with Gasteiger partial charge in [-0.2, -0.15) is 0 Å². The Labute approximate surface area is 100 Å². The minimum Gasteiger partial charge on any atom is -0.391 e. The van der Waals surface area contributed by atoms with Gasteiger partial charge in [-0.05, 0) is 17.7 Å². The van der Waals surface area contributed by atoms with Crippen molar-refractivity contribution in [3.05, 3.63) is 34.6 Å². The van der Waals surface area contributed by atoms with Gasteiger partial charge in [0.05, 0.1) is 6.10 Å². The number of hydrogen-bond donors (Lipinski definition) is 2. The molecule has 0 amide bonds. The molecule has 0 aromatic heterocycles. The first-order valence-electron chi connectivity index (χ1n) is 5.34. The molecule has 1 aromatic rings. The van der Waals surface area contributed by atoms with Crippen LogP contribution >= 0.6 is 11.6 Å². The van der Waals surface area contributed by atoms with E-state index >= 15 is 0 Å². The molecular formula is C12H17ClFNO. The average Bonchev–Trinajstić information content (AvgIpc) is 2.19. The van der Waals surface area contributed by atoms with Gasteiger partial charge in [0, 0.05) is 24.0 Å². The fourth-order valence-electron chi connectivity index (χ4n) is 1.38. The van der Waals surface area contributed by atoms with Crippen LogP contribution in [0, 0.1) is 5.82 Å². The Morgan fingerprint density at radius 1 is 1.44 bits per heavy atom. The normalized spacial score (nSPS) is 13.1. The van der Waals surface area contributed by atoms with E-state index in [4.69, 9.17) is 11.6 Å². The van der Waals surface area contributed by atoms with Gasteiger partial charge in [-0.3, -0.25) is 0 Å². The van der Waals surface area contributed by atoms with Crippen molar-refractivity contribution in [1.82, 2.24) is 5.32 Å². The van der Waals surface area contributed by atoms with Crippen molar-refractivity contribution in [2.24, 2.45) is 0 Å². The maximum atomic E-state index is 12.8. The second-order valence-electron chi connectivity index (χ2n) is 4.16. The number of halogens is 2. The fraction of sp³-hybridized carbons (Fsp3) is 0.500. The maximum absolute atomic E-state index is 12.8. The number of hydrogen-bond acceptors (Lipinski definition) is 2. The predicted molar refractivity (Wildman–Crippen MR) is 64.3 cm³/mol. The molecule has 0 heterocycles. The van der Waals surface area contributed by atoms with E-state index in [9.17, 15) is 9.50 Å². The Kier molecular flexibility index (Phi) is 5.19. The van der Waals surface area contributed by atoms with E-state index in [1.165, 1.54) is 12.1 Å². The highest BCUT2D eigenvalue weighted by atomic mass is 35.5. The summed E-state index contributed by atoms with van der Waals surface area (Å²) in [7, 11) is 0. The average molecular weight is 246 g/mol. The summed E-state index contributed by atoms with van der Waals surface area (Å²) < 4.78 is 12.8. The quantitative estimate of drug-likeness (QED) is 0.835. The van der Waals surface area contributed by atoms with Gasteiger partial charge >= 0.3 is 0 Å². The Balaban J connectivity index is 2.52. The lowest BCUT2D eigenvalue weighted by Gasteiger charge is -2.14. The van der Waals surface area contributed by atoms with Crippen molar-refractivity contribution in [2.75, 3.05) is 6.54 Å². The van der Waals surface area contributed by atoms with Gasteiger partial charge in [-0.1, -0.05) is 31.5 Å². The largest absolute Gasteiger partial charge is 0.391 e. The lowest BCUT2D eigenvalue weighted by atomic mass is 10.1. The van der Waals surface area contributed by atoms with Crippen LogP contribution in [0.25, 0.3) is 0 Å². The van der Waals surface area contributed by atoms with E-state index in [0.717, 1.165) is 5.56 Å². The SMILES string of the molecule is CC(C)NCC(O)Cc1ccc(F)cc1Cl. The smallest absolute Gasteiger partial charge is 0.124 e. The summed E-state index contributed by atoms with van der Waals surface area (Å²) in [6.07, 6.45) is -0.0795. The molecule has 2 N–H and O–H groups in total. The minimum atomic E-state index is -0.509. The van der Waals surface area contributed by atoms with Crippen molar-refractivity contribution >= 4 is 11.6 Å². The zero-order valence-electron chi connectivity index (χ0n) is 9.50. The first-order chi connectivity index (χ1) is 7.49. The van der Waals surface area contributed by atoms with Crippen molar-refractivity contribution in [2.45, 2.75) is 32.4 Å². The van der Waals surface area contributed by atoms with Crippen LogP contribution in [0.3, 0.4) is 0 Å². The monoisotopic (exact) mass is 245 g/mol. The highest BCUT2D eigenvalue weighted by Crippen LogP contribution is 2.18. The van der Waals surface area contributed by atoms with E-state index in [1.807, 2.05) is 13.8 Å². The molecule has 1 aromatic carbocycles. The zero-order chi connectivity index (χ0) is 12.1. The fourth-order valence-corrected chi connectivity index (χ4v) is 1.63. The molecule has 1 atom stereocenters.